The number of aromatic nitrogens is 2. The van der Waals surface area contributed by atoms with Gasteiger partial charge in [0, 0.05) is 23.7 Å². The van der Waals surface area contributed by atoms with Crippen molar-refractivity contribution in [3.05, 3.63) is 59.9 Å². The molecule has 106 valence electrons. The number of nitrogens with one attached hydrogen (secondary N) is 1. The fraction of sp³-hybridized carbons (Fsp3) is 0.176. The van der Waals surface area contributed by atoms with Crippen LogP contribution in [0.3, 0.4) is 0 Å². The van der Waals surface area contributed by atoms with Crippen molar-refractivity contribution in [3.8, 4) is 11.6 Å². The highest BCUT2D eigenvalue weighted by Crippen LogP contribution is 2.23. The first-order chi connectivity index (χ1) is 10.2. The molecular weight excluding hydrogens is 262 g/mol. The second-order valence-corrected chi connectivity index (χ2v) is 4.95. The van der Waals surface area contributed by atoms with Gasteiger partial charge in [-0.25, -0.2) is 4.98 Å². The number of hydrogen-bond acceptors (Lipinski definition) is 4. The smallest absolute Gasteiger partial charge is 0.219 e. The van der Waals surface area contributed by atoms with Crippen LogP contribution in [0.15, 0.2) is 48.7 Å². The Balaban J connectivity index is 1.90. The molecule has 0 amide bonds. The zero-order chi connectivity index (χ0) is 14.7. The summed E-state index contributed by atoms with van der Waals surface area (Å²) in [6, 6.07) is 13.9. The summed E-state index contributed by atoms with van der Waals surface area (Å²) in [4.78, 5) is 8.81. The summed E-state index contributed by atoms with van der Waals surface area (Å²) in [5, 5.41) is 4.18. The van der Waals surface area contributed by atoms with E-state index in [9.17, 15) is 0 Å². The SMILES string of the molecule is CNCc1cc(C)nc(Oc2cnc3ccccc3c2)c1. The lowest BCUT2D eigenvalue weighted by molar-refractivity contribution is 0.459. The fourth-order valence-electron chi connectivity index (χ4n) is 2.29. The summed E-state index contributed by atoms with van der Waals surface area (Å²) in [6.45, 7) is 2.75. The minimum Gasteiger partial charge on any atom is -0.437 e. The van der Waals surface area contributed by atoms with Gasteiger partial charge in [0.1, 0.15) is 5.75 Å². The van der Waals surface area contributed by atoms with E-state index in [4.69, 9.17) is 4.74 Å². The van der Waals surface area contributed by atoms with Gasteiger partial charge in [0.15, 0.2) is 0 Å². The van der Waals surface area contributed by atoms with E-state index in [2.05, 4.69) is 15.3 Å². The van der Waals surface area contributed by atoms with Crippen molar-refractivity contribution in [1.82, 2.24) is 15.3 Å². The van der Waals surface area contributed by atoms with Gasteiger partial charge in [0.2, 0.25) is 5.88 Å². The Hall–Kier alpha value is -2.46. The highest BCUT2D eigenvalue weighted by molar-refractivity contribution is 5.79. The molecule has 0 saturated heterocycles. The minimum absolute atomic E-state index is 0.595. The van der Waals surface area contributed by atoms with Crippen LogP contribution in [0.25, 0.3) is 10.9 Å². The van der Waals surface area contributed by atoms with E-state index in [1.165, 1.54) is 0 Å². The summed E-state index contributed by atoms with van der Waals surface area (Å²) < 4.78 is 5.85. The molecule has 0 unspecified atom stereocenters. The molecule has 0 bridgehead atoms. The molecule has 0 saturated carbocycles. The number of fused-ring (bicyclic) bond motifs is 1. The van der Waals surface area contributed by atoms with E-state index in [0.29, 0.717) is 11.6 Å². The topological polar surface area (TPSA) is 47.0 Å². The Kier molecular flexibility index (Phi) is 3.79. The molecule has 3 rings (SSSR count). The summed E-state index contributed by atoms with van der Waals surface area (Å²) in [6.07, 6.45) is 1.73. The van der Waals surface area contributed by atoms with Crippen molar-refractivity contribution in [2.24, 2.45) is 0 Å². The van der Waals surface area contributed by atoms with E-state index < -0.39 is 0 Å². The second kappa shape index (κ2) is 5.89. The van der Waals surface area contributed by atoms with Crippen LogP contribution in [0.1, 0.15) is 11.3 Å². The molecule has 0 aliphatic rings. The van der Waals surface area contributed by atoms with Gasteiger partial charge in [-0.15, -0.1) is 0 Å². The van der Waals surface area contributed by atoms with Crippen molar-refractivity contribution >= 4 is 10.9 Å². The molecule has 0 spiro atoms. The average Bonchev–Trinajstić information content (AvgIpc) is 2.47. The van der Waals surface area contributed by atoms with Gasteiger partial charge in [-0.1, -0.05) is 18.2 Å². The van der Waals surface area contributed by atoms with Gasteiger partial charge < -0.3 is 10.1 Å². The number of benzene rings is 1. The number of aryl methyl sites for hydroxylation is 1. The number of para-hydroxylation sites is 1. The van der Waals surface area contributed by atoms with Gasteiger partial charge in [0.05, 0.1) is 11.7 Å². The average molecular weight is 279 g/mol. The van der Waals surface area contributed by atoms with Crippen LogP contribution in [0.5, 0.6) is 11.6 Å². The van der Waals surface area contributed by atoms with Crippen molar-refractivity contribution in [1.29, 1.82) is 0 Å². The maximum absolute atomic E-state index is 5.85. The maximum Gasteiger partial charge on any atom is 0.219 e. The molecule has 0 atom stereocenters. The number of nitrogens with zero attached hydrogens (tertiary/aromatic N) is 2. The summed E-state index contributed by atoms with van der Waals surface area (Å²) in [5.74, 6) is 1.29. The third kappa shape index (κ3) is 3.17. The normalized spacial score (nSPS) is 10.8. The molecule has 21 heavy (non-hydrogen) atoms. The lowest BCUT2D eigenvalue weighted by Gasteiger charge is -2.08. The van der Waals surface area contributed by atoms with Crippen LogP contribution in [-0.4, -0.2) is 17.0 Å². The summed E-state index contributed by atoms with van der Waals surface area (Å²) in [5.41, 5.74) is 3.04. The molecule has 1 aromatic carbocycles. The number of hydrogen-bond donors (Lipinski definition) is 1. The molecule has 4 nitrogen and oxygen atoms in total. The first-order valence-electron chi connectivity index (χ1n) is 6.89. The second-order valence-electron chi connectivity index (χ2n) is 4.95. The third-order valence-electron chi connectivity index (χ3n) is 3.16. The van der Waals surface area contributed by atoms with Gasteiger partial charge in [-0.2, -0.15) is 0 Å². The van der Waals surface area contributed by atoms with Crippen LogP contribution >= 0.6 is 0 Å². The van der Waals surface area contributed by atoms with Crippen molar-refractivity contribution in [3.63, 3.8) is 0 Å². The van der Waals surface area contributed by atoms with Crippen LogP contribution in [0, 0.1) is 6.92 Å². The zero-order valence-corrected chi connectivity index (χ0v) is 12.1. The molecule has 1 N–H and O–H groups in total. The predicted octanol–water partition coefficient (Wildman–Crippen LogP) is 3.45. The molecule has 4 heteroatoms. The first kappa shape index (κ1) is 13.5. The number of rotatable bonds is 4. The van der Waals surface area contributed by atoms with Gasteiger partial charge >= 0.3 is 0 Å². The Bertz CT molecular complexity index is 771. The van der Waals surface area contributed by atoms with Crippen LogP contribution in [0.4, 0.5) is 0 Å². The van der Waals surface area contributed by atoms with E-state index in [-0.39, 0.29) is 0 Å². The lowest BCUT2D eigenvalue weighted by atomic mass is 10.2. The van der Waals surface area contributed by atoms with Gasteiger partial charge in [-0.3, -0.25) is 4.98 Å². The molecule has 3 aromatic rings. The van der Waals surface area contributed by atoms with Crippen molar-refractivity contribution in [2.45, 2.75) is 13.5 Å². The Morgan fingerprint density at radius 3 is 2.86 bits per heavy atom. The number of ether oxygens (including phenoxy) is 1. The van der Waals surface area contributed by atoms with Crippen molar-refractivity contribution in [2.75, 3.05) is 7.05 Å². The molecule has 2 aromatic heterocycles. The minimum atomic E-state index is 0.595. The number of pyridine rings is 2. The maximum atomic E-state index is 5.85. The highest BCUT2D eigenvalue weighted by atomic mass is 16.5. The van der Waals surface area contributed by atoms with E-state index >= 15 is 0 Å². The van der Waals surface area contributed by atoms with E-state index in [1.54, 1.807) is 6.20 Å². The lowest BCUT2D eigenvalue weighted by Crippen LogP contribution is -2.06. The predicted molar refractivity (Wildman–Crippen MR) is 83.6 cm³/mol. The molecule has 0 aliphatic heterocycles. The first-order valence-corrected chi connectivity index (χ1v) is 6.89. The Labute approximate surface area is 123 Å². The molecule has 2 heterocycles. The zero-order valence-electron chi connectivity index (χ0n) is 12.1. The van der Waals surface area contributed by atoms with E-state index in [1.807, 2.05) is 56.4 Å². The largest absolute Gasteiger partial charge is 0.437 e. The highest BCUT2D eigenvalue weighted by Gasteiger charge is 2.04. The van der Waals surface area contributed by atoms with Crippen LogP contribution in [-0.2, 0) is 6.54 Å². The standard InChI is InChI=1S/C17H17N3O/c1-12-7-13(10-18-2)8-17(20-12)21-15-9-14-5-3-4-6-16(14)19-11-15/h3-9,11,18H,10H2,1-2H3. The summed E-state index contributed by atoms with van der Waals surface area (Å²) >= 11 is 0. The molecule has 0 aliphatic carbocycles. The molecule has 0 fully saturated rings. The molecular formula is C17H17N3O. The third-order valence-corrected chi connectivity index (χ3v) is 3.16. The van der Waals surface area contributed by atoms with Gasteiger partial charge in [0.25, 0.3) is 0 Å². The Morgan fingerprint density at radius 1 is 1.14 bits per heavy atom. The van der Waals surface area contributed by atoms with Crippen LogP contribution < -0.4 is 10.1 Å². The van der Waals surface area contributed by atoms with Crippen molar-refractivity contribution < 1.29 is 4.74 Å². The summed E-state index contributed by atoms with van der Waals surface area (Å²) in [7, 11) is 1.92. The quantitative estimate of drug-likeness (QED) is 0.794. The van der Waals surface area contributed by atoms with Gasteiger partial charge in [-0.05, 0) is 37.7 Å². The Morgan fingerprint density at radius 2 is 2.00 bits per heavy atom. The monoisotopic (exact) mass is 279 g/mol. The molecule has 0 radical (unpaired) electrons. The van der Waals surface area contributed by atoms with Crippen LogP contribution in [0.2, 0.25) is 0 Å². The van der Waals surface area contributed by atoms with E-state index in [0.717, 1.165) is 28.7 Å². The fourth-order valence-corrected chi connectivity index (χ4v) is 2.29.